The molecule has 0 aliphatic heterocycles. The van der Waals surface area contributed by atoms with Crippen molar-refractivity contribution in [2.75, 3.05) is 0 Å². The lowest BCUT2D eigenvalue weighted by Gasteiger charge is -2.19. The predicted octanol–water partition coefficient (Wildman–Crippen LogP) is 4.09. The summed E-state index contributed by atoms with van der Waals surface area (Å²) in [5.74, 6) is 5.76. The number of halogens is 2. The predicted molar refractivity (Wildman–Crippen MR) is 87.4 cm³/mol. The molecule has 1 heterocycles. The SMILES string of the molecule is NNC(c1cc(Cl)cc(Cl)c1)c1cncc2ccccc12. The van der Waals surface area contributed by atoms with E-state index in [1.165, 1.54) is 0 Å². The van der Waals surface area contributed by atoms with Crippen molar-refractivity contribution in [1.82, 2.24) is 10.4 Å². The van der Waals surface area contributed by atoms with Crippen LogP contribution < -0.4 is 11.3 Å². The Hall–Kier alpha value is -1.65. The fourth-order valence-electron chi connectivity index (χ4n) is 2.48. The highest BCUT2D eigenvalue weighted by Gasteiger charge is 2.16. The van der Waals surface area contributed by atoms with Gasteiger partial charge >= 0.3 is 0 Å². The van der Waals surface area contributed by atoms with Crippen LogP contribution >= 0.6 is 23.2 Å². The largest absolute Gasteiger partial charge is 0.271 e. The molecule has 0 saturated heterocycles. The number of nitrogens with zero attached hydrogens (tertiary/aromatic N) is 1. The van der Waals surface area contributed by atoms with Gasteiger partial charge in [-0.25, -0.2) is 5.43 Å². The van der Waals surface area contributed by atoms with Crippen molar-refractivity contribution in [1.29, 1.82) is 0 Å². The van der Waals surface area contributed by atoms with Gasteiger partial charge in [-0.2, -0.15) is 0 Å². The Morgan fingerprint density at radius 1 is 1.00 bits per heavy atom. The van der Waals surface area contributed by atoms with Gasteiger partial charge in [-0.05, 0) is 29.1 Å². The van der Waals surface area contributed by atoms with E-state index in [1.807, 2.05) is 48.8 Å². The first-order chi connectivity index (χ1) is 10.2. The normalized spacial score (nSPS) is 12.5. The molecule has 3 rings (SSSR count). The maximum absolute atomic E-state index is 6.09. The summed E-state index contributed by atoms with van der Waals surface area (Å²) in [5, 5.41) is 3.30. The minimum Gasteiger partial charge on any atom is -0.271 e. The van der Waals surface area contributed by atoms with Crippen LogP contribution in [-0.4, -0.2) is 4.98 Å². The average molecular weight is 318 g/mol. The first kappa shape index (κ1) is 14.3. The van der Waals surface area contributed by atoms with E-state index in [0.29, 0.717) is 10.0 Å². The fourth-order valence-corrected chi connectivity index (χ4v) is 3.02. The number of fused-ring (bicyclic) bond motifs is 1. The monoisotopic (exact) mass is 317 g/mol. The van der Waals surface area contributed by atoms with E-state index in [1.54, 1.807) is 6.07 Å². The maximum Gasteiger partial charge on any atom is 0.0732 e. The summed E-state index contributed by atoms with van der Waals surface area (Å²) in [4.78, 5) is 4.29. The van der Waals surface area contributed by atoms with E-state index in [0.717, 1.165) is 21.9 Å². The highest BCUT2D eigenvalue weighted by atomic mass is 35.5. The molecule has 0 spiro atoms. The van der Waals surface area contributed by atoms with Crippen LogP contribution in [0.25, 0.3) is 10.8 Å². The Labute approximate surface area is 132 Å². The third-order valence-corrected chi connectivity index (χ3v) is 3.83. The van der Waals surface area contributed by atoms with Crippen LogP contribution in [0.15, 0.2) is 54.9 Å². The molecule has 0 bridgehead atoms. The fraction of sp³-hybridized carbons (Fsp3) is 0.0625. The first-order valence-electron chi connectivity index (χ1n) is 6.44. The Kier molecular flexibility index (Phi) is 4.08. The summed E-state index contributed by atoms with van der Waals surface area (Å²) in [7, 11) is 0. The summed E-state index contributed by atoms with van der Waals surface area (Å²) < 4.78 is 0. The van der Waals surface area contributed by atoms with Crippen molar-refractivity contribution in [3.63, 3.8) is 0 Å². The number of nitrogens with two attached hydrogens (primary N) is 1. The van der Waals surface area contributed by atoms with Gasteiger partial charge in [-0.1, -0.05) is 47.5 Å². The summed E-state index contributed by atoms with van der Waals surface area (Å²) in [5.41, 5.74) is 4.70. The summed E-state index contributed by atoms with van der Waals surface area (Å²) >= 11 is 12.2. The molecule has 1 aromatic heterocycles. The van der Waals surface area contributed by atoms with Crippen LogP contribution in [0.3, 0.4) is 0 Å². The zero-order chi connectivity index (χ0) is 14.8. The van der Waals surface area contributed by atoms with Crippen LogP contribution in [0.2, 0.25) is 10.0 Å². The smallest absolute Gasteiger partial charge is 0.0732 e. The quantitative estimate of drug-likeness (QED) is 0.565. The van der Waals surface area contributed by atoms with Crippen LogP contribution in [0.4, 0.5) is 0 Å². The Morgan fingerprint density at radius 2 is 1.71 bits per heavy atom. The molecule has 3 nitrogen and oxygen atoms in total. The number of nitrogens with one attached hydrogen (secondary N) is 1. The second-order valence-electron chi connectivity index (χ2n) is 4.75. The molecule has 3 aromatic rings. The van der Waals surface area contributed by atoms with Gasteiger partial charge in [0.05, 0.1) is 6.04 Å². The van der Waals surface area contributed by atoms with Crippen LogP contribution in [-0.2, 0) is 0 Å². The topological polar surface area (TPSA) is 50.9 Å². The number of hydrogen-bond acceptors (Lipinski definition) is 3. The molecule has 2 aromatic carbocycles. The van der Waals surface area contributed by atoms with Gasteiger partial charge in [0.15, 0.2) is 0 Å². The van der Waals surface area contributed by atoms with Crippen molar-refractivity contribution in [2.45, 2.75) is 6.04 Å². The highest BCUT2D eigenvalue weighted by molar-refractivity contribution is 6.34. The lowest BCUT2D eigenvalue weighted by atomic mass is 9.96. The van der Waals surface area contributed by atoms with Gasteiger partial charge in [0.1, 0.15) is 0 Å². The van der Waals surface area contributed by atoms with Gasteiger partial charge in [0.2, 0.25) is 0 Å². The average Bonchev–Trinajstić information content (AvgIpc) is 2.47. The molecule has 0 amide bonds. The molecule has 0 aliphatic carbocycles. The second-order valence-corrected chi connectivity index (χ2v) is 5.63. The van der Waals surface area contributed by atoms with Gasteiger partial charge in [0, 0.05) is 33.4 Å². The summed E-state index contributed by atoms with van der Waals surface area (Å²) in [6.07, 6.45) is 3.64. The summed E-state index contributed by atoms with van der Waals surface area (Å²) in [6, 6.07) is 13.2. The van der Waals surface area contributed by atoms with Gasteiger partial charge in [-0.3, -0.25) is 10.8 Å². The lowest BCUT2D eigenvalue weighted by Crippen LogP contribution is -2.29. The van der Waals surface area contributed by atoms with Crippen LogP contribution in [0, 0.1) is 0 Å². The highest BCUT2D eigenvalue weighted by Crippen LogP contribution is 2.30. The molecule has 1 unspecified atom stereocenters. The molecule has 0 fully saturated rings. The van der Waals surface area contributed by atoms with Crippen molar-refractivity contribution >= 4 is 34.0 Å². The molecule has 0 saturated carbocycles. The van der Waals surface area contributed by atoms with Crippen molar-refractivity contribution < 1.29 is 0 Å². The van der Waals surface area contributed by atoms with E-state index < -0.39 is 0 Å². The molecule has 0 aliphatic rings. The Balaban J connectivity index is 2.18. The minimum atomic E-state index is -0.236. The first-order valence-corrected chi connectivity index (χ1v) is 7.19. The zero-order valence-corrected chi connectivity index (χ0v) is 12.6. The molecule has 5 heteroatoms. The number of hydrogen-bond donors (Lipinski definition) is 2. The van der Waals surface area contributed by atoms with E-state index >= 15 is 0 Å². The molecule has 106 valence electrons. The zero-order valence-electron chi connectivity index (χ0n) is 11.1. The van der Waals surface area contributed by atoms with E-state index in [2.05, 4.69) is 10.4 Å². The third kappa shape index (κ3) is 2.87. The van der Waals surface area contributed by atoms with Gasteiger partial charge in [0.25, 0.3) is 0 Å². The molecule has 21 heavy (non-hydrogen) atoms. The molecule has 0 radical (unpaired) electrons. The maximum atomic E-state index is 6.09. The van der Waals surface area contributed by atoms with E-state index in [9.17, 15) is 0 Å². The Bertz CT molecular complexity index is 764. The van der Waals surface area contributed by atoms with Gasteiger partial charge < -0.3 is 0 Å². The van der Waals surface area contributed by atoms with E-state index in [4.69, 9.17) is 29.0 Å². The molecule has 3 N–H and O–H groups in total. The summed E-state index contributed by atoms with van der Waals surface area (Å²) in [6.45, 7) is 0. The number of benzene rings is 2. The van der Waals surface area contributed by atoms with Crippen molar-refractivity contribution in [2.24, 2.45) is 5.84 Å². The van der Waals surface area contributed by atoms with E-state index in [-0.39, 0.29) is 6.04 Å². The molecular weight excluding hydrogens is 305 g/mol. The number of pyridine rings is 1. The molecular formula is C16H13Cl2N3. The van der Waals surface area contributed by atoms with Crippen LogP contribution in [0.1, 0.15) is 17.2 Å². The lowest BCUT2D eigenvalue weighted by molar-refractivity contribution is 0.639. The second kappa shape index (κ2) is 6.00. The number of hydrazine groups is 1. The Morgan fingerprint density at radius 3 is 2.43 bits per heavy atom. The standard InChI is InChI=1S/C16H13Cl2N3/c17-12-5-11(6-13(18)7-12)16(21-19)15-9-20-8-10-3-1-2-4-14(10)15/h1-9,16,21H,19H2. The molecule has 1 atom stereocenters. The van der Waals surface area contributed by atoms with Crippen molar-refractivity contribution in [3.8, 4) is 0 Å². The third-order valence-electron chi connectivity index (χ3n) is 3.39. The minimum absolute atomic E-state index is 0.236. The number of aromatic nitrogens is 1. The van der Waals surface area contributed by atoms with Gasteiger partial charge in [-0.15, -0.1) is 0 Å². The number of rotatable bonds is 3. The van der Waals surface area contributed by atoms with Crippen molar-refractivity contribution in [3.05, 3.63) is 76.0 Å². The van der Waals surface area contributed by atoms with Crippen LogP contribution in [0.5, 0.6) is 0 Å².